The van der Waals surface area contributed by atoms with E-state index in [-0.39, 0.29) is 0 Å². The van der Waals surface area contributed by atoms with Crippen LogP contribution in [-0.4, -0.2) is 73.2 Å². The second-order valence-electron chi connectivity index (χ2n) is 11.5. The van der Waals surface area contributed by atoms with Crippen LogP contribution in [0, 0.1) is 0 Å². The van der Waals surface area contributed by atoms with E-state index in [0.717, 1.165) is 99.4 Å². The molecule has 0 aliphatic carbocycles. The zero-order valence-corrected chi connectivity index (χ0v) is 24.3. The van der Waals surface area contributed by atoms with Gasteiger partial charge in [0.05, 0.1) is 0 Å². The number of benzene rings is 1. The van der Waals surface area contributed by atoms with Crippen molar-refractivity contribution in [3.63, 3.8) is 0 Å². The number of pyridine rings is 1. The van der Waals surface area contributed by atoms with Crippen LogP contribution in [0.4, 0.5) is 23.3 Å². The number of piperidine rings is 1. The van der Waals surface area contributed by atoms with Crippen LogP contribution in [0.2, 0.25) is 0 Å². The van der Waals surface area contributed by atoms with Crippen LogP contribution in [0.25, 0.3) is 5.70 Å². The molecule has 6 rings (SSSR count). The number of nitrogens with zero attached hydrogens (tertiary/aromatic N) is 7. The van der Waals surface area contributed by atoms with E-state index in [1.807, 2.05) is 13.2 Å². The van der Waals surface area contributed by atoms with Gasteiger partial charge in [-0.25, -0.2) is 0 Å². The Balaban J connectivity index is 1.15. The number of rotatable bonds is 6. The van der Waals surface area contributed by atoms with Crippen molar-refractivity contribution < 1.29 is 0 Å². The largest absolute Gasteiger partial charge is 0.388 e. The maximum atomic E-state index is 6.20. The molecule has 3 aliphatic rings. The van der Waals surface area contributed by atoms with E-state index in [0.29, 0.717) is 11.9 Å². The molecule has 3 N–H and O–H groups in total. The van der Waals surface area contributed by atoms with E-state index in [9.17, 15) is 0 Å². The van der Waals surface area contributed by atoms with Gasteiger partial charge in [0, 0.05) is 99.4 Å². The molecule has 1 aromatic carbocycles. The van der Waals surface area contributed by atoms with Crippen LogP contribution in [-0.2, 0) is 13.0 Å². The Hall–Kier alpha value is -4.11. The summed E-state index contributed by atoms with van der Waals surface area (Å²) in [7, 11) is 4.04. The van der Waals surface area contributed by atoms with E-state index in [1.165, 1.54) is 16.8 Å². The third-order valence-electron chi connectivity index (χ3n) is 8.80. The van der Waals surface area contributed by atoms with Crippen molar-refractivity contribution in [1.29, 1.82) is 0 Å². The SMILES string of the molecule is C=C(NC)c1ccc([C@H]2CCN(c3ccc4c(c3)CN(c3cc(N5CCN(C)CC5)nc(N)n3)CC4)C(=C)C2)nc1. The summed E-state index contributed by atoms with van der Waals surface area (Å²) < 4.78 is 0. The van der Waals surface area contributed by atoms with E-state index in [1.54, 1.807) is 0 Å². The maximum Gasteiger partial charge on any atom is 0.223 e. The maximum absolute atomic E-state index is 6.20. The Morgan fingerprint density at radius 2 is 1.73 bits per heavy atom. The predicted octanol–water partition coefficient (Wildman–Crippen LogP) is 3.86. The first kappa shape index (κ1) is 27.1. The molecule has 9 heteroatoms. The van der Waals surface area contributed by atoms with Crippen LogP contribution in [0.15, 0.2) is 61.4 Å². The Morgan fingerprint density at radius 3 is 2.44 bits per heavy atom. The van der Waals surface area contributed by atoms with Gasteiger partial charge in [0.15, 0.2) is 0 Å². The zero-order chi connectivity index (χ0) is 28.5. The third-order valence-corrected chi connectivity index (χ3v) is 8.80. The fraction of sp³-hybridized carbons (Fsp3) is 0.406. The number of hydrogen-bond donors (Lipinski definition) is 2. The minimum atomic E-state index is 0.339. The summed E-state index contributed by atoms with van der Waals surface area (Å²) in [5.41, 5.74) is 14.3. The first-order chi connectivity index (χ1) is 19.9. The topological polar surface area (TPSA) is 89.7 Å². The lowest BCUT2D eigenvalue weighted by Gasteiger charge is -2.37. The van der Waals surface area contributed by atoms with E-state index >= 15 is 0 Å². The quantitative estimate of drug-likeness (QED) is 0.474. The van der Waals surface area contributed by atoms with Crippen LogP contribution in [0.1, 0.15) is 41.1 Å². The van der Waals surface area contributed by atoms with Crippen molar-refractivity contribution in [2.75, 3.05) is 73.8 Å². The molecular weight excluding hydrogens is 510 g/mol. The lowest BCUT2D eigenvalue weighted by Crippen LogP contribution is -2.45. The minimum absolute atomic E-state index is 0.339. The number of likely N-dealkylation sites (N-methyl/N-ethyl adjacent to an activating group) is 1. The van der Waals surface area contributed by atoms with E-state index in [4.69, 9.17) is 10.7 Å². The average molecular weight is 552 g/mol. The number of nitrogens with one attached hydrogen (secondary N) is 1. The number of nitrogens with two attached hydrogens (primary N) is 1. The molecule has 3 aromatic rings. The first-order valence-electron chi connectivity index (χ1n) is 14.6. The zero-order valence-electron chi connectivity index (χ0n) is 24.3. The number of piperazine rings is 1. The Labute approximate surface area is 243 Å². The van der Waals surface area contributed by atoms with Crippen LogP contribution >= 0.6 is 0 Å². The molecular formula is C32H41N9. The van der Waals surface area contributed by atoms with Gasteiger partial charge in [0.1, 0.15) is 11.6 Å². The molecule has 0 radical (unpaired) electrons. The Morgan fingerprint density at radius 1 is 0.951 bits per heavy atom. The monoisotopic (exact) mass is 551 g/mol. The van der Waals surface area contributed by atoms with Gasteiger partial charge >= 0.3 is 0 Å². The standard InChI is InChI=1S/C32H41N9/c1-22-17-25(29-8-6-26(20-35-29)23(2)34-3)10-12-41(22)28-7-5-24-9-11-40(21-27(24)18-28)31-19-30(36-32(33)37-31)39-15-13-38(4)14-16-39/h5-8,18-20,25,34H,1-2,9-17,21H2,3-4H3,(H2,33,36,37)/t25-/m0/s1. The number of fused-ring (bicyclic) bond motifs is 1. The van der Waals surface area contributed by atoms with Gasteiger partial charge in [0.25, 0.3) is 0 Å². The lowest BCUT2D eigenvalue weighted by atomic mass is 9.90. The molecule has 2 aromatic heterocycles. The highest BCUT2D eigenvalue weighted by Crippen LogP contribution is 2.37. The molecule has 1 atom stereocenters. The molecule has 0 bridgehead atoms. The van der Waals surface area contributed by atoms with Crippen molar-refractivity contribution in [3.8, 4) is 0 Å². The van der Waals surface area contributed by atoms with Crippen LogP contribution < -0.4 is 25.8 Å². The molecule has 214 valence electrons. The van der Waals surface area contributed by atoms with Crippen molar-refractivity contribution in [1.82, 2.24) is 25.2 Å². The average Bonchev–Trinajstić information content (AvgIpc) is 3.00. The highest BCUT2D eigenvalue weighted by Gasteiger charge is 2.27. The second kappa shape index (κ2) is 11.4. The number of allylic oxidation sites excluding steroid dienone is 1. The molecule has 0 amide bonds. The summed E-state index contributed by atoms with van der Waals surface area (Å²) >= 11 is 0. The fourth-order valence-corrected chi connectivity index (χ4v) is 6.18. The normalized spacial score (nSPS) is 19.7. The number of anilines is 4. The summed E-state index contributed by atoms with van der Waals surface area (Å²) in [5, 5.41) is 3.09. The second-order valence-corrected chi connectivity index (χ2v) is 11.5. The van der Waals surface area contributed by atoms with Gasteiger partial charge in [0.2, 0.25) is 5.95 Å². The molecule has 0 unspecified atom stereocenters. The highest BCUT2D eigenvalue weighted by molar-refractivity contribution is 5.61. The molecule has 0 saturated carbocycles. The summed E-state index contributed by atoms with van der Waals surface area (Å²) in [4.78, 5) is 23.3. The van der Waals surface area contributed by atoms with Gasteiger partial charge in [-0.05, 0) is 61.7 Å². The Bertz CT molecular complexity index is 1430. The molecule has 9 nitrogen and oxygen atoms in total. The number of nitrogen functional groups attached to an aromatic ring is 1. The van der Waals surface area contributed by atoms with Crippen molar-refractivity contribution in [3.05, 3.63) is 83.8 Å². The van der Waals surface area contributed by atoms with Crippen LogP contribution in [0.3, 0.4) is 0 Å². The molecule has 5 heterocycles. The van der Waals surface area contributed by atoms with Crippen molar-refractivity contribution >= 4 is 29.0 Å². The smallest absolute Gasteiger partial charge is 0.223 e. The summed E-state index contributed by atoms with van der Waals surface area (Å²) in [5.74, 6) is 2.55. The van der Waals surface area contributed by atoms with E-state index < -0.39 is 0 Å². The van der Waals surface area contributed by atoms with Gasteiger partial charge < -0.3 is 30.7 Å². The summed E-state index contributed by atoms with van der Waals surface area (Å²) in [6, 6.07) is 13.2. The fourth-order valence-electron chi connectivity index (χ4n) is 6.18. The predicted molar refractivity (Wildman–Crippen MR) is 168 cm³/mol. The van der Waals surface area contributed by atoms with Crippen molar-refractivity contribution in [2.45, 2.75) is 31.7 Å². The van der Waals surface area contributed by atoms with Gasteiger partial charge in [-0.1, -0.05) is 19.2 Å². The third kappa shape index (κ3) is 5.72. The minimum Gasteiger partial charge on any atom is -0.388 e. The van der Waals surface area contributed by atoms with Gasteiger partial charge in [-0.3, -0.25) is 4.98 Å². The molecule has 3 aliphatic heterocycles. The van der Waals surface area contributed by atoms with Crippen LogP contribution in [0.5, 0.6) is 0 Å². The molecule has 0 spiro atoms. The summed E-state index contributed by atoms with van der Waals surface area (Å²) in [6.07, 6.45) is 4.83. The lowest BCUT2D eigenvalue weighted by molar-refractivity contribution is 0.312. The molecule has 2 saturated heterocycles. The van der Waals surface area contributed by atoms with Gasteiger partial charge in [-0.15, -0.1) is 0 Å². The number of hydrogen-bond acceptors (Lipinski definition) is 9. The highest BCUT2D eigenvalue weighted by atomic mass is 15.3. The van der Waals surface area contributed by atoms with E-state index in [2.05, 4.69) is 91.5 Å². The first-order valence-corrected chi connectivity index (χ1v) is 14.6. The Kier molecular flexibility index (Phi) is 7.53. The van der Waals surface area contributed by atoms with Crippen molar-refractivity contribution in [2.24, 2.45) is 0 Å². The van der Waals surface area contributed by atoms with Gasteiger partial charge in [-0.2, -0.15) is 9.97 Å². The molecule has 2 fully saturated rings. The number of aromatic nitrogens is 3. The summed E-state index contributed by atoms with van der Waals surface area (Å²) in [6.45, 7) is 15.1. The molecule has 41 heavy (non-hydrogen) atoms.